The first-order valence-corrected chi connectivity index (χ1v) is 16.2. The van der Waals surface area contributed by atoms with Gasteiger partial charge in [0.15, 0.2) is 0 Å². The third kappa shape index (κ3) is 9.46. The molecule has 0 bridgehead atoms. The number of urea groups is 1. The lowest BCUT2D eigenvalue weighted by atomic mass is 9.87. The smallest absolute Gasteiger partial charge is 0.418 e. The van der Waals surface area contributed by atoms with Gasteiger partial charge in [-0.05, 0) is 63.5 Å². The van der Waals surface area contributed by atoms with E-state index in [-0.39, 0.29) is 42.8 Å². The highest BCUT2D eigenvalue weighted by Crippen LogP contribution is 2.25. The number of methoxy groups -OCH3 is 1. The summed E-state index contributed by atoms with van der Waals surface area (Å²) in [5.74, 6) is -2.78. The van der Waals surface area contributed by atoms with E-state index in [1.165, 1.54) is 11.7 Å². The van der Waals surface area contributed by atoms with E-state index in [0.717, 1.165) is 19.3 Å². The number of unbranched alkanes of at least 4 members (excludes halogenated alkanes) is 1. The second kappa shape index (κ2) is 16.0. The number of nitrogens with zero attached hydrogens (tertiary/aromatic N) is 2. The minimum Gasteiger partial charge on any atom is -0.548 e. The minimum absolute atomic E-state index is 0.00514. The quantitative estimate of drug-likeness (QED) is 0.320. The number of carbonyl (C=O) groups is 5. The van der Waals surface area contributed by atoms with Crippen molar-refractivity contribution in [1.82, 2.24) is 25.4 Å². The summed E-state index contributed by atoms with van der Waals surface area (Å²) >= 11 is 0. The number of ether oxygens (including phenoxy) is 1. The van der Waals surface area contributed by atoms with Crippen LogP contribution in [0.2, 0.25) is 0 Å². The average molecular weight is 641 g/mol. The molecule has 3 rings (SSSR count). The first-order chi connectivity index (χ1) is 21.7. The van der Waals surface area contributed by atoms with Gasteiger partial charge in [-0.15, -0.1) is 0 Å². The molecule has 0 radical (unpaired) electrons. The number of nitrogens with one attached hydrogen (secondary N) is 3. The fourth-order valence-electron chi connectivity index (χ4n) is 6.16. The molecule has 12 nitrogen and oxygen atoms in total. The molecule has 0 aliphatic carbocycles. The number of likely N-dealkylation sites (tertiary alicyclic amines) is 1. The molecule has 0 saturated carbocycles. The fraction of sp³-hybridized carbons (Fsp3) is 0.618. The topological polar surface area (TPSA) is 162 Å². The summed E-state index contributed by atoms with van der Waals surface area (Å²) in [6, 6.07) is 4.93. The molecule has 1 saturated heterocycles. The number of hydrogen-bond acceptors (Lipinski definition) is 7. The van der Waals surface area contributed by atoms with Crippen molar-refractivity contribution in [3.05, 3.63) is 36.0 Å². The highest BCUT2D eigenvalue weighted by atomic mass is 16.5. The number of carbonyl (C=O) groups excluding carboxylic acids is 5. The molecule has 1 aromatic carbocycles. The maximum Gasteiger partial charge on any atom is 0.418 e. The van der Waals surface area contributed by atoms with E-state index in [1.807, 2.05) is 47.6 Å². The largest absolute Gasteiger partial charge is 0.548 e. The van der Waals surface area contributed by atoms with E-state index < -0.39 is 42.0 Å². The summed E-state index contributed by atoms with van der Waals surface area (Å²) in [6.07, 6.45) is 3.58. The van der Waals surface area contributed by atoms with Crippen LogP contribution in [0.5, 0.6) is 0 Å². The number of aromatic nitrogens is 1. The van der Waals surface area contributed by atoms with Gasteiger partial charge in [0, 0.05) is 29.6 Å². The number of rotatable bonds is 12. The Morgan fingerprint density at radius 3 is 2.15 bits per heavy atom. The molecular weight excluding hydrogens is 590 g/mol. The molecule has 1 aliphatic heterocycles. The zero-order valence-electron chi connectivity index (χ0n) is 28.2. The van der Waals surface area contributed by atoms with Crippen LogP contribution in [0.15, 0.2) is 30.3 Å². The molecule has 1 aliphatic rings. The van der Waals surface area contributed by atoms with Gasteiger partial charge in [-0.2, -0.15) is 0 Å². The first kappa shape index (κ1) is 36.4. The van der Waals surface area contributed by atoms with Gasteiger partial charge >= 0.3 is 12.1 Å². The van der Waals surface area contributed by atoms with E-state index in [4.69, 9.17) is 4.74 Å². The van der Waals surface area contributed by atoms with Crippen LogP contribution in [-0.4, -0.2) is 76.7 Å². The Morgan fingerprint density at radius 1 is 0.957 bits per heavy atom. The van der Waals surface area contributed by atoms with Gasteiger partial charge in [0.25, 0.3) is 0 Å². The lowest BCUT2D eigenvalue weighted by Crippen LogP contribution is -2.60. The number of carboxylic acids is 1. The number of fused-ring (bicyclic) bond motifs is 1. The van der Waals surface area contributed by atoms with Gasteiger partial charge in [0.05, 0.1) is 24.6 Å². The van der Waals surface area contributed by atoms with Crippen LogP contribution < -0.4 is 21.1 Å². The lowest BCUT2D eigenvalue weighted by molar-refractivity contribution is -0.308. The van der Waals surface area contributed by atoms with Crippen LogP contribution in [0, 0.1) is 5.41 Å². The number of carboxylic acid groups (broad SMARTS) is 1. The summed E-state index contributed by atoms with van der Waals surface area (Å²) in [5.41, 5.74) is 0.552. The Balaban J connectivity index is 1.98. The molecule has 0 spiro atoms. The van der Waals surface area contributed by atoms with Gasteiger partial charge in [-0.3, -0.25) is 9.59 Å². The molecule has 4 amide bonds. The maximum atomic E-state index is 14.0. The monoisotopic (exact) mass is 640 g/mol. The lowest BCUT2D eigenvalue weighted by Gasteiger charge is -2.40. The molecule has 0 unspecified atom stereocenters. The Morgan fingerprint density at radius 2 is 1.57 bits per heavy atom. The summed E-state index contributed by atoms with van der Waals surface area (Å²) in [5, 5.41) is 20.8. The minimum atomic E-state index is -1.43. The highest BCUT2D eigenvalue weighted by molar-refractivity contribution is 5.94. The number of piperidine rings is 1. The predicted octanol–water partition coefficient (Wildman–Crippen LogP) is 3.49. The van der Waals surface area contributed by atoms with Crippen molar-refractivity contribution >= 4 is 40.8 Å². The van der Waals surface area contributed by atoms with Crippen LogP contribution in [0.1, 0.15) is 92.2 Å². The molecule has 5 atom stereocenters. The van der Waals surface area contributed by atoms with Crippen molar-refractivity contribution in [3.8, 4) is 0 Å². The van der Waals surface area contributed by atoms with E-state index in [2.05, 4.69) is 16.0 Å². The molecule has 254 valence electrons. The Bertz CT molecular complexity index is 1390. The van der Waals surface area contributed by atoms with Crippen LogP contribution in [-0.2, 0) is 25.5 Å². The summed E-state index contributed by atoms with van der Waals surface area (Å²) in [4.78, 5) is 67.8. The number of benzene rings is 1. The standard InChI is InChI=1S/C34H51N5O7/c1-8-9-16-25(31(42)43)35-29(40)26(19-24-18-23-15-10-11-17-28(23)39(24)33(45)46-7)36-30(41)27(20-34(4,5)6)37-32(44)38-21(2)13-12-14-22(38)3/h10-11,15,17-18,21-22,25-27H,8-9,12-14,16,19-20H2,1-7H3,(H,35,40)(H,36,41)(H,37,44)(H,42,43)/p-1/t21-,22+,25-,26-,27+/m1/s1. The normalized spacial score (nSPS) is 18.7. The van der Waals surface area contributed by atoms with Crippen LogP contribution in [0.25, 0.3) is 10.9 Å². The predicted molar refractivity (Wildman–Crippen MR) is 173 cm³/mol. The zero-order valence-corrected chi connectivity index (χ0v) is 28.2. The van der Waals surface area contributed by atoms with E-state index in [1.54, 1.807) is 29.2 Å². The second-order valence-electron chi connectivity index (χ2n) is 13.6. The third-order valence-corrected chi connectivity index (χ3v) is 8.50. The first-order valence-electron chi connectivity index (χ1n) is 16.2. The van der Waals surface area contributed by atoms with Gasteiger partial charge in [0.2, 0.25) is 11.8 Å². The SMILES string of the molecule is CCCC[C@@H](NC(=O)[C@@H](Cc1cc2ccccc2n1C(=O)OC)NC(=O)[C@H](CC(C)(C)C)NC(=O)N1[C@H](C)CCC[C@@H]1C)C(=O)[O-]. The molecule has 1 fully saturated rings. The van der Waals surface area contributed by atoms with Crippen LogP contribution in [0.4, 0.5) is 9.59 Å². The molecule has 3 N–H and O–H groups in total. The van der Waals surface area contributed by atoms with Crippen molar-refractivity contribution in [2.45, 2.75) is 123 Å². The number of amides is 4. The Hall–Kier alpha value is -4.09. The summed E-state index contributed by atoms with van der Waals surface area (Å²) in [6.45, 7) is 11.7. The molecular formula is C34H50N5O7-. The van der Waals surface area contributed by atoms with Crippen molar-refractivity contribution < 1.29 is 33.8 Å². The zero-order chi connectivity index (χ0) is 34.2. The van der Waals surface area contributed by atoms with Crippen molar-refractivity contribution in [1.29, 1.82) is 0 Å². The number of aliphatic carboxylic acids is 1. The summed E-state index contributed by atoms with van der Waals surface area (Å²) < 4.78 is 6.34. The van der Waals surface area contributed by atoms with Gasteiger partial charge in [0.1, 0.15) is 12.1 Å². The van der Waals surface area contributed by atoms with E-state index in [0.29, 0.717) is 29.4 Å². The fourth-order valence-corrected chi connectivity index (χ4v) is 6.16. The Kier molecular flexibility index (Phi) is 12.6. The Labute approximate surface area is 271 Å². The van der Waals surface area contributed by atoms with Gasteiger partial charge in [-0.1, -0.05) is 58.7 Å². The molecule has 2 heterocycles. The maximum absolute atomic E-state index is 14.0. The second-order valence-corrected chi connectivity index (χ2v) is 13.6. The molecule has 1 aromatic heterocycles. The van der Waals surface area contributed by atoms with Crippen molar-refractivity contribution in [2.75, 3.05) is 7.11 Å². The van der Waals surface area contributed by atoms with E-state index in [9.17, 15) is 29.1 Å². The van der Waals surface area contributed by atoms with Gasteiger partial charge < -0.3 is 35.5 Å². The molecule has 12 heteroatoms. The van der Waals surface area contributed by atoms with Gasteiger partial charge in [-0.25, -0.2) is 14.2 Å². The average Bonchev–Trinajstić information content (AvgIpc) is 3.35. The number of hydrogen-bond donors (Lipinski definition) is 3. The van der Waals surface area contributed by atoms with E-state index >= 15 is 0 Å². The summed E-state index contributed by atoms with van der Waals surface area (Å²) in [7, 11) is 1.24. The van der Waals surface area contributed by atoms with Crippen molar-refractivity contribution in [3.63, 3.8) is 0 Å². The van der Waals surface area contributed by atoms with Crippen LogP contribution >= 0.6 is 0 Å². The molecule has 2 aromatic rings. The number of para-hydroxylation sites is 1. The molecule has 46 heavy (non-hydrogen) atoms. The third-order valence-electron chi connectivity index (χ3n) is 8.50. The van der Waals surface area contributed by atoms with Crippen molar-refractivity contribution in [2.24, 2.45) is 5.41 Å². The highest BCUT2D eigenvalue weighted by Gasteiger charge is 2.35. The van der Waals surface area contributed by atoms with Crippen LogP contribution in [0.3, 0.4) is 0 Å².